The summed E-state index contributed by atoms with van der Waals surface area (Å²) >= 11 is 3.68. The van der Waals surface area contributed by atoms with E-state index in [1.807, 2.05) is 60.7 Å². The van der Waals surface area contributed by atoms with Gasteiger partial charge in [-0.1, -0.05) is 76.6 Å². The number of aliphatic hydroxyl groups is 3. The van der Waals surface area contributed by atoms with Crippen molar-refractivity contribution in [1.29, 1.82) is 0 Å². The van der Waals surface area contributed by atoms with E-state index in [4.69, 9.17) is 0 Å². The highest BCUT2D eigenvalue weighted by Gasteiger charge is 2.85. The van der Waals surface area contributed by atoms with Gasteiger partial charge in [0.25, 0.3) is 0 Å². The van der Waals surface area contributed by atoms with Gasteiger partial charge in [-0.2, -0.15) is 0 Å². The molecule has 1 saturated carbocycles. The number of likely N-dealkylation sites (tertiary alicyclic amines) is 1. The minimum Gasteiger partial charge on any atom is -0.396 e. The predicted octanol–water partition coefficient (Wildman–Crippen LogP) is 2.64. The molecule has 5 rings (SSSR count). The van der Waals surface area contributed by atoms with Crippen LogP contribution in [-0.2, 0) is 19.2 Å². The summed E-state index contributed by atoms with van der Waals surface area (Å²) in [5.41, 5.74) is -1.03. The Labute approximate surface area is 240 Å². The first-order chi connectivity index (χ1) is 19.0. The molecule has 4 unspecified atom stereocenters. The second-order valence-corrected chi connectivity index (χ2v) is 12.8. The standard InChI is InChI=1S/C31H32BrNO7/c1-28-22(19-9-5-3-6-10-19)23(20-11-7-4-8-12-20)29(2,26(28)39)31(32)24(28)25(38)33(27(31)40)14-13-21(37)15-30(16-34,17-35)18-36/h3-12,24,34-36H,13-18H2,1-2H3. The molecule has 0 radical (unpaired) electrons. The quantitative estimate of drug-likeness (QED) is 0.279. The SMILES string of the molecule is CC12C(=O)C(C)(C(c3ccccc3)=C1c1ccccc1)C1(Br)C(=O)N(CCC(=O)CC(CO)(CO)CO)C(=O)C21. The number of carbonyl (C=O) groups excluding carboxylic acids is 4. The zero-order chi connectivity index (χ0) is 29.1. The Hall–Kier alpha value is -2.98. The Morgan fingerprint density at radius 1 is 0.875 bits per heavy atom. The third-order valence-corrected chi connectivity index (χ3v) is 10.9. The largest absolute Gasteiger partial charge is 0.396 e. The maximum Gasteiger partial charge on any atom is 0.248 e. The van der Waals surface area contributed by atoms with Gasteiger partial charge in [-0.25, -0.2) is 0 Å². The lowest BCUT2D eigenvalue weighted by molar-refractivity contribution is -0.144. The van der Waals surface area contributed by atoms with E-state index in [1.165, 1.54) is 0 Å². The minimum atomic E-state index is -1.54. The van der Waals surface area contributed by atoms with Crippen LogP contribution in [0.5, 0.6) is 0 Å². The number of alkyl halides is 1. The number of aliphatic hydroxyl groups excluding tert-OH is 3. The van der Waals surface area contributed by atoms with Crippen LogP contribution in [0, 0.1) is 22.2 Å². The molecule has 4 atom stereocenters. The number of halogens is 1. The van der Waals surface area contributed by atoms with E-state index < -0.39 is 63.9 Å². The summed E-state index contributed by atoms with van der Waals surface area (Å²) in [4.78, 5) is 56.4. The van der Waals surface area contributed by atoms with Crippen LogP contribution in [0.3, 0.4) is 0 Å². The third kappa shape index (κ3) is 3.54. The Kier molecular flexibility index (Phi) is 7.02. The number of rotatable bonds is 10. The summed E-state index contributed by atoms with van der Waals surface area (Å²) in [6.45, 7) is 1.51. The van der Waals surface area contributed by atoms with Gasteiger partial charge in [0, 0.05) is 24.8 Å². The summed E-state index contributed by atoms with van der Waals surface area (Å²) in [5.74, 6) is -2.71. The molecular weight excluding hydrogens is 578 g/mol. The Morgan fingerprint density at radius 2 is 1.38 bits per heavy atom. The average Bonchev–Trinajstić information content (AvgIpc) is 3.35. The van der Waals surface area contributed by atoms with Crippen LogP contribution in [0.4, 0.5) is 0 Å². The first-order valence-electron chi connectivity index (χ1n) is 13.3. The van der Waals surface area contributed by atoms with Gasteiger partial charge in [-0.05, 0) is 36.1 Å². The van der Waals surface area contributed by atoms with Crippen LogP contribution in [0.15, 0.2) is 60.7 Å². The van der Waals surface area contributed by atoms with Gasteiger partial charge in [0.1, 0.15) is 10.1 Å². The number of allylic oxidation sites excluding steroid dienone is 2. The molecule has 1 heterocycles. The molecule has 2 amide bonds. The summed E-state index contributed by atoms with van der Waals surface area (Å²) in [6, 6.07) is 18.9. The molecule has 3 N–H and O–H groups in total. The highest BCUT2D eigenvalue weighted by Crippen LogP contribution is 2.77. The molecule has 2 aromatic carbocycles. The van der Waals surface area contributed by atoms with E-state index in [0.717, 1.165) is 21.6 Å². The Bertz CT molecular complexity index is 1410. The summed E-state index contributed by atoms with van der Waals surface area (Å²) in [5, 5.41) is 28.7. The first-order valence-corrected chi connectivity index (χ1v) is 14.1. The molecule has 8 nitrogen and oxygen atoms in total. The van der Waals surface area contributed by atoms with E-state index in [1.54, 1.807) is 13.8 Å². The molecular formula is C31H32BrNO7. The van der Waals surface area contributed by atoms with Crippen molar-refractivity contribution < 1.29 is 34.5 Å². The molecule has 2 aromatic rings. The normalized spacial score (nSPS) is 29.5. The Balaban J connectivity index is 1.57. The van der Waals surface area contributed by atoms with Crippen LogP contribution in [0.1, 0.15) is 37.8 Å². The van der Waals surface area contributed by atoms with Gasteiger partial charge in [-0.15, -0.1) is 0 Å². The van der Waals surface area contributed by atoms with Crippen molar-refractivity contribution in [1.82, 2.24) is 4.90 Å². The number of ketones is 2. The molecule has 2 fully saturated rings. The lowest BCUT2D eigenvalue weighted by atomic mass is 9.63. The first kappa shape index (κ1) is 28.5. The van der Waals surface area contributed by atoms with Gasteiger partial charge in [0.2, 0.25) is 11.8 Å². The van der Waals surface area contributed by atoms with E-state index >= 15 is 0 Å². The smallest absolute Gasteiger partial charge is 0.248 e. The third-order valence-electron chi connectivity index (χ3n) is 9.28. The number of amides is 2. The molecule has 40 heavy (non-hydrogen) atoms. The van der Waals surface area contributed by atoms with Gasteiger partial charge < -0.3 is 15.3 Å². The minimum absolute atomic E-state index is 0.198. The zero-order valence-electron chi connectivity index (χ0n) is 22.4. The lowest BCUT2D eigenvalue weighted by Crippen LogP contribution is -2.50. The lowest BCUT2D eigenvalue weighted by Gasteiger charge is -2.41. The van der Waals surface area contributed by atoms with Crippen molar-refractivity contribution >= 4 is 50.5 Å². The number of fused-ring (bicyclic) bond motifs is 5. The van der Waals surface area contributed by atoms with Crippen LogP contribution >= 0.6 is 15.9 Å². The monoisotopic (exact) mass is 609 g/mol. The fourth-order valence-corrected chi connectivity index (χ4v) is 8.38. The number of hydrogen-bond acceptors (Lipinski definition) is 7. The van der Waals surface area contributed by atoms with Crippen LogP contribution in [-0.4, -0.2) is 74.3 Å². The van der Waals surface area contributed by atoms with Crippen LogP contribution < -0.4 is 0 Å². The van der Waals surface area contributed by atoms with Crippen molar-refractivity contribution in [3.63, 3.8) is 0 Å². The second kappa shape index (κ2) is 9.83. The highest BCUT2D eigenvalue weighted by molar-refractivity contribution is 9.10. The van der Waals surface area contributed by atoms with E-state index in [9.17, 15) is 34.5 Å². The fourth-order valence-electron chi connectivity index (χ4n) is 7.13. The summed E-state index contributed by atoms with van der Waals surface area (Å²) < 4.78 is -1.54. The molecule has 0 aromatic heterocycles. The number of carbonyl (C=O) groups is 4. The Morgan fingerprint density at radius 3 is 1.88 bits per heavy atom. The van der Waals surface area contributed by atoms with Gasteiger partial charge in [0.05, 0.1) is 36.6 Å². The highest BCUT2D eigenvalue weighted by atomic mass is 79.9. The summed E-state index contributed by atoms with van der Waals surface area (Å²) in [6.07, 6.45) is -0.512. The van der Waals surface area contributed by atoms with E-state index in [-0.39, 0.29) is 25.2 Å². The molecule has 3 aliphatic rings. The van der Waals surface area contributed by atoms with Crippen molar-refractivity contribution in [2.45, 2.75) is 31.0 Å². The number of benzene rings is 2. The van der Waals surface area contributed by atoms with Crippen molar-refractivity contribution in [2.24, 2.45) is 22.2 Å². The molecule has 0 spiro atoms. The van der Waals surface area contributed by atoms with Crippen molar-refractivity contribution in [3.05, 3.63) is 71.8 Å². The maximum absolute atomic E-state index is 14.4. The van der Waals surface area contributed by atoms with E-state index in [2.05, 4.69) is 15.9 Å². The van der Waals surface area contributed by atoms with E-state index in [0.29, 0.717) is 5.57 Å². The molecule has 1 aliphatic heterocycles. The van der Waals surface area contributed by atoms with Crippen LogP contribution in [0.25, 0.3) is 11.1 Å². The topological polar surface area (TPSA) is 132 Å². The molecule has 2 bridgehead atoms. The molecule has 9 heteroatoms. The molecule has 1 saturated heterocycles. The van der Waals surface area contributed by atoms with Crippen molar-refractivity contribution in [2.75, 3.05) is 26.4 Å². The number of nitrogens with zero attached hydrogens (tertiary/aromatic N) is 1. The number of Topliss-reactive ketones (excluding diaryl/α,β-unsaturated/α-hetero) is 2. The molecule has 2 aliphatic carbocycles. The van der Waals surface area contributed by atoms with Gasteiger partial charge in [-0.3, -0.25) is 24.1 Å². The van der Waals surface area contributed by atoms with Gasteiger partial charge in [0.15, 0.2) is 5.78 Å². The predicted molar refractivity (Wildman–Crippen MR) is 151 cm³/mol. The number of imide groups is 1. The van der Waals surface area contributed by atoms with Gasteiger partial charge >= 0.3 is 0 Å². The van der Waals surface area contributed by atoms with Crippen LogP contribution in [0.2, 0.25) is 0 Å². The van der Waals surface area contributed by atoms with Crippen molar-refractivity contribution in [3.8, 4) is 0 Å². The summed E-state index contributed by atoms with van der Waals surface area (Å²) in [7, 11) is 0. The second-order valence-electron chi connectivity index (χ2n) is 11.5. The fraction of sp³-hybridized carbons (Fsp3) is 0.419. The average molecular weight is 611 g/mol. The number of hydrogen-bond donors (Lipinski definition) is 3. The molecule has 210 valence electrons. The zero-order valence-corrected chi connectivity index (χ0v) is 24.0. The maximum atomic E-state index is 14.4.